The van der Waals surface area contributed by atoms with Crippen molar-refractivity contribution in [2.75, 3.05) is 0 Å². The molecule has 0 fully saturated rings. The average Bonchev–Trinajstić information content (AvgIpc) is 3.05. The Labute approximate surface area is 182 Å². The fourth-order valence-corrected chi connectivity index (χ4v) is 6.00. The molecule has 0 aliphatic carbocycles. The Hall–Kier alpha value is -1.63. The standard InChI is InChI=1S/C21H25Cl2N3O2S/c1-11(2)14-9-15(12(3)4)19(16(10-14)13(5)6)29(27,28)26-8-7-17-18(26)20(22)25-21(23)24-17/h7-13H,1-6H3. The van der Waals surface area contributed by atoms with Crippen LogP contribution in [0.3, 0.4) is 0 Å². The van der Waals surface area contributed by atoms with Gasteiger partial charge in [0.05, 0.1) is 10.4 Å². The zero-order valence-electron chi connectivity index (χ0n) is 17.4. The van der Waals surface area contributed by atoms with E-state index in [0.29, 0.717) is 16.3 Å². The molecule has 0 spiro atoms. The van der Waals surface area contributed by atoms with E-state index in [9.17, 15) is 8.42 Å². The molecule has 0 saturated heterocycles. The first-order valence-corrected chi connectivity index (χ1v) is 11.8. The van der Waals surface area contributed by atoms with Crippen LogP contribution in [0.25, 0.3) is 11.0 Å². The highest BCUT2D eigenvalue weighted by Crippen LogP contribution is 2.37. The van der Waals surface area contributed by atoms with E-state index in [0.717, 1.165) is 16.7 Å². The van der Waals surface area contributed by atoms with E-state index in [-0.39, 0.29) is 27.8 Å². The highest BCUT2D eigenvalue weighted by atomic mass is 35.5. The van der Waals surface area contributed by atoms with Crippen LogP contribution in [0.5, 0.6) is 0 Å². The van der Waals surface area contributed by atoms with Gasteiger partial charge in [0.2, 0.25) is 5.28 Å². The molecule has 3 aromatic rings. The van der Waals surface area contributed by atoms with E-state index in [4.69, 9.17) is 23.2 Å². The molecule has 0 unspecified atom stereocenters. The van der Waals surface area contributed by atoms with Crippen LogP contribution in [0.4, 0.5) is 0 Å². The minimum atomic E-state index is -3.94. The lowest BCUT2D eigenvalue weighted by Crippen LogP contribution is -2.18. The van der Waals surface area contributed by atoms with Crippen molar-refractivity contribution in [1.82, 2.24) is 13.9 Å². The fraction of sp³-hybridized carbons (Fsp3) is 0.429. The summed E-state index contributed by atoms with van der Waals surface area (Å²) in [4.78, 5) is 8.36. The normalized spacial score (nSPS) is 12.7. The molecular formula is C21H25Cl2N3O2S. The summed E-state index contributed by atoms with van der Waals surface area (Å²) < 4.78 is 29.0. The summed E-state index contributed by atoms with van der Waals surface area (Å²) in [5.41, 5.74) is 3.34. The Bertz CT molecular complexity index is 1150. The molecule has 0 bridgehead atoms. The zero-order valence-corrected chi connectivity index (χ0v) is 19.7. The predicted octanol–water partition coefficient (Wildman–Crippen LogP) is 6.35. The molecule has 1 aromatic carbocycles. The van der Waals surface area contributed by atoms with Gasteiger partial charge in [-0.15, -0.1) is 0 Å². The summed E-state index contributed by atoms with van der Waals surface area (Å²) in [6.07, 6.45) is 1.46. The maximum Gasteiger partial charge on any atom is 0.268 e. The number of benzene rings is 1. The summed E-state index contributed by atoms with van der Waals surface area (Å²) in [5.74, 6) is 0.345. The summed E-state index contributed by atoms with van der Waals surface area (Å²) >= 11 is 12.1. The van der Waals surface area contributed by atoms with Gasteiger partial charge < -0.3 is 0 Å². The van der Waals surface area contributed by atoms with E-state index >= 15 is 0 Å². The number of hydrogen-bond acceptors (Lipinski definition) is 4. The molecule has 5 nitrogen and oxygen atoms in total. The molecule has 2 aromatic heterocycles. The van der Waals surface area contributed by atoms with Gasteiger partial charge in [0.25, 0.3) is 10.0 Å². The fourth-order valence-electron chi connectivity index (χ4n) is 3.44. The molecule has 8 heteroatoms. The first-order valence-electron chi connectivity index (χ1n) is 9.58. The van der Waals surface area contributed by atoms with E-state index < -0.39 is 10.0 Å². The first kappa shape index (κ1) is 22.1. The Morgan fingerprint density at radius 3 is 1.93 bits per heavy atom. The van der Waals surface area contributed by atoms with Gasteiger partial charge in [-0.3, -0.25) is 0 Å². The average molecular weight is 454 g/mol. The van der Waals surface area contributed by atoms with Crippen molar-refractivity contribution in [2.24, 2.45) is 0 Å². The smallest absolute Gasteiger partial charge is 0.236 e. The summed E-state index contributed by atoms with van der Waals surface area (Å²) in [6.45, 7) is 12.2. The molecule has 0 radical (unpaired) electrons. The molecule has 3 rings (SSSR count). The molecule has 0 amide bonds. The van der Waals surface area contributed by atoms with Gasteiger partial charge in [0.15, 0.2) is 5.15 Å². The second-order valence-corrected chi connectivity index (χ2v) is 10.6. The van der Waals surface area contributed by atoms with Crippen LogP contribution >= 0.6 is 23.2 Å². The van der Waals surface area contributed by atoms with Crippen molar-refractivity contribution < 1.29 is 8.42 Å². The van der Waals surface area contributed by atoms with Crippen LogP contribution in [-0.4, -0.2) is 22.4 Å². The van der Waals surface area contributed by atoms with Crippen molar-refractivity contribution in [3.8, 4) is 0 Å². The number of rotatable bonds is 5. The summed E-state index contributed by atoms with van der Waals surface area (Å²) in [5, 5.41) is -0.0192. The second kappa shape index (κ2) is 7.89. The molecule has 0 N–H and O–H groups in total. The number of halogens is 2. The van der Waals surface area contributed by atoms with Crippen molar-refractivity contribution in [1.29, 1.82) is 0 Å². The van der Waals surface area contributed by atoms with Gasteiger partial charge >= 0.3 is 0 Å². The number of fused-ring (bicyclic) bond motifs is 1. The highest BCUT2D eigenvalue weighted by Gasteiger charge is 2.30. The molecule has 2 heterocycles. The molecule has 156 valence electrons. The Kier molecular flexibility index (Phi) is 6.01. The summed E-state index contributed by atoms with van der Waals surface area (Å²) in [7, 11) is -3.94. The van der Waals surface area contributed by atoms with E-state index in [1.54, 1.807) is 6.07 Å². The SMILES string of the molecule is CC(C)c1cc(C(C)C)c(S(=O)(=O)n2ccc3nc(Cl)nc(Cl)c32)c(C(C)C)c1. The molecule has 0 aliphatic rings. The molecule has 0 aliphatic heterocycles. The van der Waals surface area contributed by atoms with Crippen LogP contribution in [-0.2, 0) is 10.0 Å². The van der Waals surface area contributed by atoms with Gasteiger partial charge in [-0.05, 0) is 52.1 Å². The largest absolute Gasteiger partial charge is 0.268 e. The lowest BCUT2D eigenvalue weighted by Gasteiger charge is -2.23. The predicted molar refractivity (Wildman–Crippen MR) is 119 cm³/mol. The van der Waals surface area contributed by atoms with E-state index in [1.165, 1.54) is 10.2 Å². The Morgan fingerprint density at radius 2 is 1.45 bits per heavy atom. The zero-order chi connectivity index (χ0) is 21.7. The third kappa shape index (κ3) is 3.90. The molecule has 0 saturated carbocycles. The Balaban J connectivity index is 2.41. The van der Waals surface area contributed by atoms with E-state index in [1.807, 2.05) is 39.8 Å². The minimum absolute atomic E-state index is 0.00423. The third-order valence-corrected chi connectivity index (χ3v) is 7.27. The van der Waals surface area contributed by atoms with Crippen LogP contribution < -0.4 is 0 Å². The van der Waals surface area contributed by atoms with Crippen molar-refractivity contribution in [3.05, 3.63) is 51.5 Å². The van der Waals surface area contributed by atoms with Crippen LogP contribution in [0.2, 0.25) is 10.4 Å². The summed E-state index contributed by atoms with van der Waals surface area (Å²) in [6, 6.07) is 5.60. The molecule has 29 heavy (non-hydrogen) atoms. The van der Waals surface area contributed by atoms with Crippen LogP contribution in [0.15, 0.2) is 29.3 Å². The first-order chi connectivity index (χ1) is 13.4. The van der Waals surface area contributed by atoms with Gasteiger partial charge in [-0.1, -0.05) is 65.3 Å². The maximum atomic E-state index is 13.9. The topological polar surface area (TPSA) is 64.8 Å². The van der Waals surface area contributed by atoms with Crippen molar-refractivity contribution in [3.63, 3.8) is 0 Å². The Morgan fingerprint density at radius 1 is 0.897 bits per heavy atom. The number of hydrogen-bond donors (Lipinski definition) is 0. The minimum Gasteiger partial charge on any atom is -0.236 e. The van der Waals surface area contributed by atoms with Gasteiger partial charge in [-0.25, -0.2) is 22.4 Å². The van der Waals surface area contributed by atoms with Gasteiger partial charge in [0, 0.05) is 6.20 Å². The second-order valence-electron chi connectivity index (χ2n) is 8.13. The highest BCUT2D eigenvalue weighted by molar-refractivity contribution is 7.90. The monoisotopic (exact) mass is 453 g/mol. The lowest BCUT2D eigenvalue weighted by atomic mass is 9.89. The van der Waals surface area contributed by atoms with Crippen LogP contribution in [0, 0.1) is 0 Å². The number of nitrogens with zero attached hydrogens (tertiary/aromatic N) is 3. The third-order valence-electron chi connectivity index (χ3n) is 5.03. The van der Waals surface area contributed by atoms with E-state index in [2.05, 4.69) is 23.8 Å². The van der Waals surface area contributed by atoms with Crippen molar-refractivity contribution in [2.45, 2.75) is 64.2 Å². The van der Waals surface area contributed by atoms with Crippen LogP contribution in [0.1, 0.15) is 76.0 Å². The van der Waals surface area contributed by atoms with Gasteiger partial charge in [0.1, 0.15) is 5.52 Å². The maximum absolute atomic E-state index is 13.9. The van der Waals surface area contributed by atoms with Crippen molar-refractivity contribution >= 4 is 44.3 Å². The van der Waals surface area contributed by atoms with Gasteiger partial charge in [-0.2, -0.15) is 0 Å². The molecule has 0 atom stereocenters. The molecular weight excluding hydrogens is 429 g/mol. The lowest BCUT2D eigenvalue weighted by molar-refractivity contribution is 0.583. The quantitative estimate of drug-likeness (QED) is 0.333. The number of aromatic nitrogens is 3.